The van der Waals surface area contributed by atoms with Crippen LogP contribution in [0, 0.1) is 0 Å². The first-order valence-electron chi connectivity index (χ1n) is 9.13. The summed E-state index contributed by atoms with van der Waals surface area (Å²) in [6.45, 7) is 0. The number of nitrogens with zero attached hydrogens (tertiary/aromatic N) is 2. The minimum atomic E-state index is -3.77. The zero-order chi connectivity index (χ0) is 21.3. The quantitative estimate of drug-likeness (QED) is 0.478. The lowest BCUT2D eigenvalue weighted by atomic mass is 10.1. The minimum Gasteiger partial charge on any atom is -0.388 e. The van der Waals surface area contributed by atoms with E-state index in [0.29, 0.717) is 10.7 Å². The maximum atomic E-state index is 11.6. The molecule has 0 aliphatic rings. The molecule has 0 bridgehead atoms. The maximum absolute atomic E-state index is 11.6. The molecular weight excluding hydrogens is 420 g/mol. The van der Waals surface area contributed by atoms with E-state index in [1.807, 2.05) is 61.6 Å². The van der Waals surface area contributed by atoms with Gasteiger partial charge >= 0.3 is 0 Å². The summed E-state index contributed by atoms with van der Waals surface area (Å²) >= 11 is 6.06. The number of aromatic nitrogens is 2. The van der Waals surface area contributed by atoms with Gasteiger partial charge in [-0.2, -0.15) is 5.10 Å². The Labute approximate surface area is 180 Å². The molecule has 0 saturated carbocycles. The summed E-state index contributed by atoms with van der Waals surface area (Å²) in [6, 6.07) is 23.7. The number of benzene rings is 3. The zero-order valence-corrected chi connectivity index (χ0v) is 17.7. The van der Waals surface area contributed by atoms with Crippen molar-refractivity contribution in [2.75, 3.05) is 12.4 Å². The van der Waals surface area contributed by atoms with Gasteiger partial charge in [-0.25, -0.2) is 18.2 Å². The van der Waals surface area contributed by atoms with Crippen molar-refractivity contribution in [3.05, 3.63) is 83.9 Å². The van der Waals surface area contributed by atoms with Crippen LogP contribution in [0.15, 0.2) is 83.8 Å². The third-order valence-corrected chi connectivity index (χ3v) is 5.91. The molecule has 1 aromatic heterocycles. The Morgan fingerprint density at radius 1 is 0.967 bits per heavy atom. The number of para-hydroxylation sites is 1. The second-order valence-corrected chi connectivity index (χ2v) is 8.67. The molecule has 0 fully saturated rings. The molecule has 1 heterocycles. The van der Waals surface area contributed by atoms with Crippen LogP contribution in [0.3, 0.4) is 0 Å². The van der Waals surface area contributed by atoms with E-state index < -0.39 is 10.0 Å². The van der Waals surface area contributed by atoms with Crippen LogP contribution >= 0.6 is 11.6 Å². The molecule has 0 atom stereocenters. The van der Waals surface area contributed by atoms with E-state index in [9.17, 15) is 8.42 Å². The van der Waals surface area contributed by atoms with Gasteiger partial charge in [-0.15, -0.1) is 0 Å². The average molecular weight is 439 g/mol. The molecule has 0 saturated heterocycles. The number of anilines is 1. The first kappa shape index (κ1) is 20.2. The lowest BCUT2D eigenvalue weighted by Crippen LogP contribution is -2.12. The smallest absolute Gasteiger partial charge is 0.238 e. The number of halogens is 1. The molecule has 30 heavy (non-hydrogen) atoms. The van der Waals surface area contributed by atoms with Crippen LogP contribution in [0.5, 0.6) is 0 Å². The number of nitrogens with two attached hydrogens (primary N) is 1. The lowest BCUT2D eigenvalue weighted by Gasteiger charge is -2.09. The molecule has 0 aliphatic carbocycles. The van der Waals surface area contributed by atoms with Crippen molar-refractivity contribution in [3.8, 4) is 28.2 Å². The number of rotatable bonds is 5. The van der Waals surface area contributed by atoms with Gasteiger partial charge in [0.2, 0.25) is 10.0 Å². The summed E-state index contributed by atoms with van der Waals surface area (Å²) in [4.78, 5) is 0.0483. The summed E-state index contributed by atoms with van der Waals surface area (Å²) < 4.78 is 25.0. The highest BCUT2D eigenvalue weighted by molar-refractivity contribution is 7.89. The van der Waals surface area contributed by atoms with E-state index >= 15 is 0 Å². The van der Waals surface area contributed by atoms with Crippen molar-refractivity contribution in [2.24, 2.45) is 5.14 Å². The van der Waals surface area contributed by atoms with Gasteiger partial charge in [0, 0.05) is 28.9 Å². The van der Waals surface area contributed by atoms with E-state index in [1.165, 1.54) is 12.1 Å². The topological polar surface area (TPSA) is 90.0 Å². The molecule has 0 amide bonds. The van der Waals surface area contributed by atoms with Crippen LogP contribution in [0.2, 0.25) is 5.02 Å². The molecule has 6 nitrogen and oxygen atoms in total. The Morgan fingerprint density at radius 3 is 2.27 bits per heavy atom. The maximum Gasteiger partial charge on any atom is 0.238 e. The van der Waals surface area contributed by atoms with Crippen LogP contribution in [0.1, 0.15) is 0 Å². The van der Waals surface area contributed by atoms with Crippen molar-refractivity contribution < 1.29 is 8.42 Å². The van der Waals surface area contributed by atoms with Crippen molar-refractivity contribution in [3.63, 3.8) is 0 Å². The predicted octanol–water partition coefficient (Wildman–Crippen LogP) is 4.55. The van der Waals surface area contributed by atoms with Gasteiger partial charge in [0.15, 0.2) is 0 Å². The van der Waals surface area contributed by atoms with Gasteiger partial charge < -0.3 is 5.32 Å². The monoisotopic (exact) mass is 438 g/mol. The lowest BCUT2D eigenvalue weighted by molar-refractivity contribution is 0.598. The molecule has 4 rings (SSSR count). The largest absolute Gasteiger partial charge is 0.388 e. The fourth-order valence-corrected chi connectivity index (χ4v) is 3.88. The van der Waals surface area contributed by atoms with Crippen LogP contribution in [-0.2, 0) is 10.0 Å². The van der Waals surface area contributed by atoms with E-state index in [1.54, 1.807) is 16.8 Å². The number of primary sulfonamides is 1. The molecule has 3 N–H and O–H groups in total. The second-order valence-electron chi connectivity index (χ2n) is 6.67. The first-order valence-corrected chi connectivity index (χ1v) is 11.1. The van der Waals surface area contributed by atoms with Crippen molar-refractivity contribution in [1.82, 2.24) is 9.78 Å². The van der Waals surface area contributed by atoms with Crippen molar-refractivity contribution in [2.45, 2.75) is 4.90 Å². The molecule has 0 spiro atoms. The van der Waals surface area contributed by atoms with E-state index in [2.05, 4.69) is 5.32 Å². The van der Waals surface area contributed by atoms with E-state index in [4.69, 9.17) is 21.8 Å². The number of nitrogens with one attached hydrogen (secondary N) is 1. The molecule has 0 unspecified atom stereocenters. The van der Waals surface area contributed by atoms with Crippen molar-refractivity contribution >= 4 is 27.3 Å². The zero-order valence-electron chi connectivity index (χ0n) is 16.1. The second kappa shape index (κ2) is 7.95. The minimum absolute atomic E-state index is 0.0483. The van der Waals surface area contributed by atoms with Crippen LogP contribution in [0.4, 0.5) is 5.69 Å². The van der Waals surface area contributed by atoms with Gasteiger partial charge in [0.1, 0.15) is 0 Å². The molecule has 0 aliphatic heterocycles. The molecular formula is C22H19ClN4O2S. The standard InChI is InChI=1S/C22H19ClN4O2S/c1-25-20-5-3-2-4-19(20)21-14-22(15-6-8-16(23)9-7-15)27(26-21)17-10-12-18(13-11-17)30(24,28)29/h2-14,25H,1H3,(H2,24,28,29). The van der Waals surface area contributed by atoms with E-state index in [0.717, 1.165) is 28.2 Å². The Bertz CT molecular complexity index is 1300. The fourth-order valence-electron chi connectivity index (χ4n) is 3.24. The van der Waals surface area contributed by atoms with Gasteiger partial charge in [0.05, 0.1) is 22.0 Å². The fraction of sp³-hybridized carbons (Fsp3) is 0.0455. The Morgan fingerprint density at radius 2 is 1.63 bits per heavy atom. The normalized spacial score (nSPS) is 11.4. The highest BCUT2D eigenvalue weighted by Gasteiger charge is 2.16. The van der Waals surface area contributed by atoms with E-state index in [-0.39, 0.29) is 4.90 Å². The van der Waals surface area contributed by atoms with Crippen LogP contribution in [0.25, 0.3) is 28.2 Å². The molecule has 3 aromatic carbocycles. The Balaban J connectivity index is 1.90. The number of hydrogen-bond acceptors (Lipinski definition) is 4. The highest BCUT2D eigenvalue weighted by atomic mass is 35.5. The third kappa shape index (κ3) is 3.95. The van der Waals surface area contributed by atoms with Gasteiger partial charge in [0.25, 0.3) is 0 Å². The average Bonchev–Trinajstić information content (AvgIpc) is 3.19. The molecule has 152 valence electrons. The summed E-state index contributed by atoms with van der Waals surface area (Å²) in [5, 5.41) is 13.9. The first-order chi connectivity index (χ1) is 14.4. The van der Waals surface area contributed by atoms with Crippen LogP contribution in [-0.4, -0.2) is 25.2 Å². The Kier molecular flexibility index (Phi) is 5.34. The SMILES string of the molecule is CNc1ccccc1-c1cc(-c2ccc(Cl)cc2)n(-c2ccc(S(N)(=O)=O)cc2)n1. The summed E-state index contributed by atoms with van der Waals surface area (Å²) in [7, 11) is -1.91. The molecule has 0 radical (unpaired) electrons. The van der Waals surface area contributed by atoms with Gasteiger partial charge in [-0.1, -0.05) is 41.9 Å². The number of sulfonamides is 1. The van der Waals surface area contributed by atoms with Crippen molar-refractivity contribution in [1.29, 1.82) is 0 Å². The van der Waals surface area contributed by atoms with Crippen LogP contribution < -0.4 is 10.5 Å². The molecule has 4 aromatic rings. The van der Waals surface area contributed by atoms with Gasteiger partial charge in [-0.3, -0.25) is 0 Å². The highest BCUT2D eigenvalue weighted by Crippen LogP contribution is 2.32. The summed E-state index contributed by atoms with van der Waals surface area (Å²) in [5.74, 6) is 0. The third-order valence-electron chi connectivity index (χ3n) is 4.73. The number of hydrogen-bond donors (Lipinski definition) is 2. The predicted molar refractivity (Wildman–Crippen MR) is 120 cm³/mol. The Hall–Kier alpha value is -3.13. The van der Waals surface area contributed by atoms with Gasteiger partial charge in [-0.05, 0) is 48.5 Å². The summed E-state index contributed by atoms with van der Waals surface area (Å²) in [6.07, 6.45) is 0. The molecule has 8 heteroatoms. The summed E-state index contributed by atoms with van der Waals surface area (Å²) in [5.41, 5.74) is 5.16.